The molecule has 2 aliphatic heterocycles. The maximum atomic E-state index is 12.7. The Morgan fingerprint density at radius 3 is 2.46 bits per heavy atom. The van der Waals surface area contributed by atoms with E-state index in [4.69, 9.17) is 0 Å². The third kappa shape index (κ3) is 2.94. The summed E-state index contributed by atoms with van der Waals surface area (Å²) in [6.07, 6.45) is 0.791. The van der Waals surface area contributed by atoms with Crippen molar-refractivity contribution in [1.29, 1.82) is 0 Å². The van der Waals surface area contributed by atoms with Crippen LogP contribution in [0.5, 0.6) is 0 Å². The number of hydrogen-bond donors (Lipinski definition) is 1. The van der Waals surface area contributed by atoms with Crippen molar-refractivity contribution in [2.75, 3.05) is 11.4 Å². The number of hydrogen-bond acceptors (Lipinski definition) is 3. The van der Waals surface area contributed by atoms with E-state index in [1.807, 2.05) is 24.3 Å². The second-order valence-electron chi connectivity index (χ2n) is 6.55. The predicted octanol–water partition coefficient (Wildman–Crippen LogP) is 2.09. The van der Waals surface area contributed by atoms with Crippen molar-refractivity contribution < 1.29 is 14.4 Å². The molecule has 4 amide bonds. The van der Waals surface area contributed by atoms with Crippen LogP contribution in [-0.2, 0) is 22.6 Å². The second kappa shape index (κ2) is 6.63. The smallest absolute Gasteiger partial charge is 0.329 e. The first-order chi connectivity index (χ1) is 12.6. The number of rotatable bonds is 3. The highest BCUT2D eigenvalue weighted by atomic mass is 16.2. The third-order valence-electron chi connectivity index (χ3n) is 4.90. The fourth-order valence-corrected chi connectivity index (χ4v) is 3.50. The molecule has 0 unspecified atom stereocenters. The molecule has 0 saturated carbocycles. The highest BCUT2D eigenvalue weighted by Crippen LogP contribution is 2.22. The fourth-order valence-electron chi connectivity index (χ4n) is 3.50. The van der Waals surface area contributed by atoms with Crippen molar-refractivity contribution >= 4 is 23.5 Å². The van der Waals surface area contributed by atoms with E-state index in [-0.39, 0.29) is 18.2 Å². The number of benzene rings is 2. The van der Waals surface area contributed by atoms with Crippen LogP contribution in [0, 0.1) is 0 Å². The maximum Gasteiger partial charge on any atom is 0.329 e. The second-order valence-corrected chi connectivity index (χ2v) is 6.55. The quantitative estimate of drug-likeness (QED) is 0.863. The number of amides is 4. The number of nitrogens with zero attached hydrogens (tertiary/aromatic N) is 2. The number of anilines is 1. The SMILES string of the molecule is O=C(C[C@@H]1NC(=O)N(c2ccccc2)C1=O)N1CCc2ccccc2C1. The van der Waals surface area contributed by atoms with Crippen LogP contribution >= 0.6 is 0 Å². The minimum Gasteiger partial charge on any atom is -0.338 e. The summed E-state index contributed by atoms with van der Waals surface area (Å²) in [6, 6.07) is 15.5. The maximum absolute atomic E-state index is 12.7. The van der Waals surface area contributed by atoms with Crippen molar-refractivity contribution in [3.05, 3.63) is 65.7 Å². The summed E-state index contributed by atoms with van der Waals surface area (Å²) < 4.78 is 0. The average molecular weight is 349 g/mol. The Morgan fingerprint density at radius 2 is 1.69 bits per heavy atom. The molecule has 1 saturated heterocycles. The predicted molar refractivity (Wildman–Crippen MR) is 96.4 cm³/mol. The number of fused-ring (bicyclic) bond motifs is 1. The van der Waals surface area contributed by atoms with Crippen molar-refractivity contribution in [3.8, 4) is 0 Å². The van der Waals surface area contributed by atoms with Gasteiger partial charge in [0, 0.05) is 13.1 Å². The Morgan fingerprint density at radius 1 is 1.00 bits per heavy atom. The molecule has 1 atom stereocenters. The van der Waals surface area contributed by atoms with E-state index >= 15 is 0 Å². The lowest BCUT2D eigenvalue weighted by molar-refractivity contribution is -0.134. The molecule has 4 rings (SSSR count). The highest BCUT2D eigenvalue weighted by molar-refractivity contribution is 6.22. The normalized spacial score (nSPS) is 19.3. The fraction of sp³-hybridized carbons (Fsp3) is 0.250. The molecule has 132 valence electrons. The number of para-hydroxylation sites is 1. The largest absolute Gasteiger partial charge is 0.338 e. The van der Waals surface area contributed by atoms with E-state index in [2.05, 4.69) is 11.4 Å². The van der Waals surface area contributed by atoms with E-state index in [0.717, 1.165) is 16.9 Å². The summed E-state index contributed by atoms with van der Waals surface area (Å²) in [5.74, 6) is -0.500. The van der Waals surface area contributed by atoms with Crippen LogP contribution in [0.3, 0.4) is 0 Å². The lowest BCUT2D eigenvalue weighted by atomic mass is 9.99. The lowest BCUT2D eigenvalue weighted by Crippen LogP contribution is -2.41. The summed E-state index contributed by atoms with van der Waals surface area (Å²) in [5.41, 5.74) is 2.91. The molecule has 6 nitrogen and oxygen atoms in total. The molecule has 1 fully saturated rings. The highest BCUT2D eigenvalue weighted by Gasteiger charge is 2.40. The van der Waals surface area contributed by atoms with Crippen LogP contribution in [0.25, 0.3) is 0 Å². The van der Waals surface area contributed by atoms with E-state index in [1.165, 1.54) is 5.56 Å². The van der Waals surface area contributed by atoms with Crippen LogP contribution < -0.4 is 10.2 Å². The van der Waals surface area contributed by atoms with Crippen LogP contribution in [0.1, 0.15) is 17.5 Å². The summed E-state index contributed by atoms with van der Waals surface area (Å²) in [6.45, 7) is 1.18. The van der Waals surface area contributed by atoms with Gasteiger partial charge in [0.15, 0.2) is 0 Å². The number of nitrogens with one attached hydrogen (secondary N) is 1. The van der Waals surface area contributed by atoms with Crippen molar-refractivity contribution in [3.63, 3.8) is 0 Å². The molecule has 2 aliphatic rings. The minimum atomic E-state index is -0.813. The van der Waals surface area contributed by atoms with Gasteiger partial charge >= 0.3 is 6.03 Å². The van der Waals surface area contributed by atoms with Crippen molar-refractivity contribution in [2.24, 2.45) is 0 Å². The van der Waals surface area contributed by atoms with Crippen LogP contribution in [0.2, 0.25) is 0 Å². The van der Waals surface area contributed by atoms with Gasteiger partial charge in [0.1, 0.15) is 6.04 Å². The third-order valence-corrected chi connectivity index (χ3v) is 4.90. The first-order valence-corrected chi connectivity index (χ1v) is 8.67. The van der Waals surface area contributed by atoms with Gasteiger partial charge in [0.05, 0.1) is 12.1 Å². The molecule has 0 spiro atoms. The van der Waals surface area contributed by atoms with Crippen molar-refractivity contribution in [2.45, 2.75) is 25.4 Å². The number of carbonyl (C=O) groups is 3. The molecule has 2 aromatic carbocycles. The Balaban J connectivity index is 1.44. The standard InChI is InChI=1S/C20H19N3O3/c24-18(22-11-10-14-6-4-5-7-15(14)13-22)12-17-19(25)23(20(26)21-17)16-8-2-1-3-9-16/h1-9,17H,10-13H2,(H,21,26)/t17-/m0/s1. The molecular weight excluding hydrogens is 330 g/mol. The van der Waals surface area contributed by atoms with Gasteiger partial charge in [0.2, 0.25) is 5.91 Å². The number of carbonyl (C=O) groups excluding carboxylic acids is 3. The minimum absolute atomic E-state index is 0.0178. The van der Waals surface area contributed by atoms with Crippen LogP contribution in [0.15, 0.2) is 54.6 Å². The Labute approximate surface area is 151 Å². The lowest BCUT2D eigenvalue weighted by Gasteiger charge is -2.29. The van der Waals surface area contributed by atoms with Crippen LogP contribution in [-0.4, -0.2) is 35.3 Å². The Bertz CT molecular complexity index is 866. The van der Waals surface area contributed by atoms with E-state index in [1.54, 1.807) is 29.2 Å². The summed E-state index contributed by atoms with van der Waals surface area (Å²) >= 11 is 0. The number of urea groups is 1. The molecule has 0 bridgehead atoms. The summed E-state index contributed by atoms with van der Waals surface area (Å²) in [7, 11) is 0. The van der Waals surface area contributed by atoms with E-state index < -0.39 is 12.1 Å². The molecular formula is C20H19N3O3. The molecule has 26 heavy (non-hydrogen) atoms. The van der Waals surface area contributed by atoms with Gasteiger partial charge in [-0.15, -0.1) is 0 Å². The summed E-state index contributed by atoms with van der Waals surface area (Å²) in [5, 5.41) is 2.63. The zero-order valence-corrected chi connectivity index (χ0v) is 14.2. The first-order valence-electron chi connectivity index (χ1n) is 8.67. The molecule has 2 aromatic rings. The Hall–Kier alpha value is -3.15. The molecule has 2 heterocycles. The molecule has 0 aliphatic carbocycles. The zero-order valence-electron chi connectivity index (χ0n) is 14.2. The Kier molecular flexibility index (Phi) is 4.16. The van der Waals surface area contributed by atoms with E-state index in [0.29, 0.717) is 18.8 Å². The van der Waals surface area contributed by atoms with Gasteiger partial charge in [-0.3, -0.25) is 9.59 Å². The molecule has 0 aromatic heterocycles. The van der Waals surface area contributed by atoms with Crippen molar-refractivity contribution in [1.82, 2.24) is 10.2 Å². The monoisotopic (exact) mass is 349 g/mol. The zero-order chi connectivity index (χ0) is 18.1. The molecule has 0 radical (unpaired) electrons. The van der Waals surface area contributed by atoms with Crippen LogP contribution in [0.4, 0.5) is 10.5 Å². The van der Waals surface area contributed by atoms with Gasteiger partial charge < -0.3 is 10.2 Å². The molecule has 1 N–H and O–H groups in total. The summed E-state index contributed by atoms with van der Waals surface area (Å²) in [4.78, 5) is 40.3. The number of imide groups is 1. The average Bonchev–Trinajstić information content (AvgIpc) is 2.95. The van der Waals surface area contributed by atoms with Gasteiger partial charge in [0.25, 0.3) is 5.91 Å². The van der Waals surface area contributed by atoms with Gasteiger partial charge in [-0.25, -0.2) is 9.69 Å². The van der Waals surface area contributed by atoms with E-state index in [9.17, 15) is 14.4 Å². The molecule has 6 heteroatoms. The first kappa shape index (κ1) is 16.3. The van der Waals surface area contributed by atoms with Gasteiger partial charge in [-0.2, -0.15) is 0 Å². The van der Waals surface area contributed by atoms with Gasteiger partial charge in [-0.1, -0.05) is 42.5 Å². The van der Waals surface area contributed by atoms with Gasteiger partial charge in [-0.05, 0) is 29.7 Å². The topological polar surface area (TPSA) is 69.7 Å².